The number of para-hydroxylation sites is 1. The third-order valence-corrected chi connectivity index (χ3v) is 8.61. The van der Waals surface area contributed by atoms with Crippen molar-refractivity contribution in [3.05, 3.63) is 89.2 Å². The van der Waals surface area contributed by atoms with E-state index in [1.54, 1.807) is 17.2 Å². The molecule has 2 unspecified atom stereocenters. The predicted octanol–water partition coefficient (Wildman–Crippen LogP) is 6.27. The summed E-state index contributed by atoms with van der Waals surface area (Å²) < 4.78 is 16.8. The first-order valence-electron chi connectivity index (χ1n) is 14.4. The van der Waals surface area contributed by atoms with Crippen molar-refractivity contribution in [3.8, 4) is 16.8 Å². The Bertz CT molecular complexity index is 1710. The van der Waals surface area contributed by atoms with Gasteiger partial charge in [-0.05, 0) is 77.1 Å². The van der Waals surface area contributed by atoms with Gasteiger partial charge < -0.3 is 10.2 Å². The minimum absolute atomic E-state index is 0.00240. The minimum Gasteiger partial charge on any atom is -0.330 e. The molecule has 2 aliphatic heterocycles. The van der Waals surface area contributed by atoms with Crippen LogP contribution in [0.25, 0.3) is 22.4 Å². The molecule has 2 amide bonds. The highest BCUT2D eigenvalue weighted by Gasteiger charge is 2.32. The standard InChI is InChI=1S/C32H31ClFN7O2/c1-19(2)22-7-5-9-27(26-16-20(12-14-35-26)23-6-3-4-8-25(23)37-32(22)43)40-15-13-21(17-29(40)42)30-28(41-18-36-38-39-41)11-10-24(33)31(30)34/h3-4,6,8,10-12,14,16-19,22,27H,5,7,9,13,15H2,1-2H3,(H,37,43). The van der Waals surface area contributed by atoms with Crippen molar-refractivity contribution < 1.29 is 14.0 Å². The monoisotopic (exact) mass is 599 g/mol. The maximum Gasteiger partial charge on any atom is 0.247 e. The largest absolute Gasteiger partial charge is 0.330 e. The average Bonchev–Trinajstić information content (AvgIpc) is 3.53. The first-order valence-corrected chi connectivity index (χ1v) is 14.8. The molecule has 1 N–H and O–H groups in total. The third-order valence-electron chi connectivity index (χ3n) is 8.32. The quantitative estimate of drug-likeness (QED) is 0.296. The van der Waals surface area contributed by atoms with Crippen molar-refractivity contribution in [3.63, 3.8) is 0 Å². The molecule has 0 fully saturated rings. The van der Waals surface area contributed by atoms with E-state index in [1.807, 2.05) is 36.4 Å². The molecule has 2 aliphatic rings. The maximum atomic E-state index is 15.4. The van der Waals surface area contributed by atoms with Crippen LogP contribution >= 0.6 is 11.6 Å². The summed E-state index contributed by atoms with van der Waals surface area (Å²) >= 11 is 6.16. The summed E-state index contributed by atoms with van der Waals surface area (Å²) in [6.45, 7) is 4.47. The molecule has 4 heterocycles. The number of nitrogens with one attached hydrogen (secondary N) is 1. The van der Waals surface area contributed by atoms with Crippen LogP contribution in [0.5, 0.6) is 0 Å². The Kier molecular flexibility index (Phi) is 8.03. The van der Waals surface area contributed by atoms with Crippen LogP contribution in [0.1, 0.15) is 56.8 Å². The van der Waals surface area contributed by atoms with E-state index >= 15 is 4.39 Å². The lowest BCUT2D eigenvalue weighted by Gasteiger charge is -2.35. The second kappa shape index (κ2) is 12.0. The van der Waals surface area contributed by atoms with Gasteiger partial charge in [0.1, 0.15) is 6.33 Å². The molecular formula is C32H31ClFN7O2. The lowest BCUT2D eigenvalue weighted by molar-refractivity contribution is -0.129. The second-order valence-corrected chi connectivity index (χ2v) is 11.7. The van der Waals surface area contributed by atoms with Gasteiger partial charge in [-0.1, -0.05) is 50.1 Å². The van der Waals surface area contributed by atoms with E-state index in [4.69, 9.17) is 16.6 Å². The number of hydrogen-bond donors (Lipinski definition) is 1. The van der Waals surface area contributed by atoms with E-state index in [0.29, 0.717) is 37.1 Å². The fraction of sp³-hybridized carbons (Fsp3) is 0.312. The molecule has 0 radical (unpaired) electrons. The van der Waals surface area contributed by atoms with Crippen molar-refractivity contribution in [2.24, 2.45) is 11.8 Å². The summed E-state index contributed by atoms with van der Waals surface area (Å²) in [5.41, 5.74) is 4.43. The molecule has 0 saturated carbocycles. The number of anilines is 1. The number of nitrogens with zero attached hydrogens (tertiary/aromatic N) is 6. The molecule has 43 heavy (non-hydrogen) atoms. The number of fused-ring (bicyclic) bond motifs is 4. The van der Waals surface area contributed by atoms with Crippen LogP contribution in [-0.2, 0) is 9.59 Å². The van der Waals surface area contributed by atoms with Gasteiger partial charge in [-0.3, -0.25) is 14.6 Å². The van der Waals surface area contributed by atoms with E-state index < -0.39 is 5.82 Å². The number of tetrazole rings is 1. The van der Waals surface area contributed by atoms with Gasteiger partial charge >= 0.3 is 0 Å². The molecule has 2 bridgehead atoms. The second-order valence-electron chi connectivity index (χ2n) is 11.3. The van der Waals surface area contributed by atoms with Crippen LogP contribution < -0.4 is 5.32 Å². The highest BCUT2D eigenvalue weighted by molar-refractivity contribution is 6.31. The van der Waals surface area contributed by atoms with Crippen molar-refractivity contribution in [2.75, 3.05) is 11.9 Å². The number of amides is 2. The van der Waals surface area contributed by atoms with Crippen LogP contribution in [-0.4, -0.2) is 48.5 Å². The highest BCUT2D eigenvalue weighted by atomic mass is 35.5. The maximum absolute atomic E-state index is 15.4. The average molecular weight is 600 g/mol. The third kappa shape index (κ3) is 5.67. The molecule has 4 aromatic rings. The number of pyridine rings is 1. The van der Waals surface area contributed by atoms with E-state index in [0.717, 1.165) is 28.9 Å². The Morgan fingerprint density at radius 3 is 2.70 bits per heavy atom. The summed E-state index contributed by atoms with van der Waals surface area (Å²) in [6, 6.07) is 14.4. The molecule has 0 saturated heterocycles. The number of carbonyl (C=O) groups is 2. The van der Waals surface area contributed by atoms with Crippen molar-refractivity contribution in [1.82, 2.24) is 30.1 Å². The van der Waals surface area contributed by atoms with Gasteiger partial charge in [0.05, 0.1) is 22.4 Å². The fourth-order valence-corrected chi connectivity index (χ4v) is 6.26. The first kappa shape index (κ1) is 28.7. The topological polar surface area (TPSA) is 106 Å². The van der Waals surface area contributed by atoms with Crippen LogP contribution in [0.15, 0.2) is 67.1 Å². The van der Waals surface area contributed by atoms with Crippen LogP contribution in [0.2, 0.25) is 5.02 Å². The number of carbonyl (C=O) groups excluding carboxylic acids is 2. The van der Waals surface area contributed by atoms with Gasteiger partial charge in [0.25, 0.3) is 0 Å². The van der Waals surface area contributed by atoms with Crippen LogP contribution in [0.4, 0.5) is 10.1 Å². The van der Waals surface area contributed by atoms with Crippen molar-refractivity contribution in [1.29, 1.82) is 0 Å². The minimum atomic E-state index is -0.626. The smallest absolute Gasteiger partial charge is 0.247 e. The Hall–Kier alpha value is -4.44. The molecule has 9 nitrogen and oxygen atoms in total. The summed E-state index contributed by atoms with van der Waals surface area (Å²) in [5.74, 6) is -0.908. The van der Waals surface area contributed by atoms with Gasteiger partial charge in [0.2, 0.25) is 11.8 Å². The molecule has 2 atom stereocenters. The fourth-order valence-electron chi connectivity index (χ4n) is 6.10. The summed E-state index contributed by atoms with van der Waals surface area (Å²) in [7, 11) is 0. The number of rotatable bonds is 4. The van der Waals surface area contributed by atoms with Crippen LogP contribution in [0.3, 0.4) is 0 Å². The van der Waals surface area contributed by atoms with Gasteiger partial charge in [0.15, 0.2) is 5.82 Å². The number of aromatic nitrogens is 5. The zero-order chi connectivity index (χ0) is 30.1. The number of halogens is 2. The molecule has 11 heteroatoms. The van der Waals surface area contributed by atoms with Crippen molar-refractivity contribution in [2.45, 2.75) is 45.6 Å². The van der Waals surface area contributed by atoms with E-state index in [9.17, 15) is 9.59 Å². The van der Waals surface area contributed by atoms with Gasteiger partial charge in [-0.25, -0.2) is 4.39 Å². The van der Waals surface area contributed by atoms with E-state index in [2.05, 4.69) is 34.7 Å². The molecule has 2 aromatic heterocycles. The number of hydrogen-bond acceptors (Lipinski definition) is 6. The lowest BCUT2D eigenvalue weighted by Crippen LogP contribution is -2.38. The van der Waals surface area contributed by atoms with Crippen LogP contribution in [0, 0.1) is 17.7 Å². The zero-order valence-electron chi connectivity index (χ0n) is 23.9. The molecule has 6 rings (SSSR count). The molecule has 0 spiro atoms. The molecule has 0 aliphatic carbocycles. The Morgan fingerprint density at radius 2 is 1.93 bits per heavy atom. The lowest BCUT2D eigenvalue weighted by atomic mass is 9.87. The summed E-state index contributed by atoms with van der Waals surface area (Å²) in [4.78, 5) is 33.7. The Balaban J connectivity index is 1.38. The predicted molar refractivity (Wildman–Crippen MR) is 162 cm³/mol. The highest BCUT2D eigenvalue weighted by Crippen LogP contribution is 2.38. The Labute approximate surface area is 253 Å². The first-order chi connectivity index (χ1) is 20.8. The van der Waals surface area contributed by atoms with E-state index in [1.165, 1.54) is 23.2 Å². The SMILES string of the molecule is CC(C)C1CCCC(N2CCC(c3c(-n4cnnn4)ccc(Cl)c3F)=CC2=O)c2cc(ccn2)-c2ccccc2NC1=O. The number of benzene rings is 2. The van der Waals surface area contributed by atoms with Gasteiger partial charge in [0, 0.05) is 41.5 Å². The summed E-state index contributed by atoms with van der Waals surface area (Å²) in [5, 5.41) is 14.4. The molecular weight excluding hydrogens is 569 g/mol. The Morgan fingerprint density at radius 1 is 1.09 bits per heavy atom. The molecule has 2 aromatic carbocycles. The van der Waals surface area contributed by atoms with Gasteiger partial charge in [-0.2, -0.15) is 4.68 Å². The zero-order valence-corrected chi connectivity index (χ0v) is 24.6. The normalized spacial score (nSPS) is 19.3. The van der Waals surface area contributed by atoms with Gasteiger partial charge in [-0.15, -0.1) is 5.10 Å². The van der Waals surface area contributed by atoms with Crippen molar-refractivity contribution >= 4 is 34.7 Å². The van der Waals surface area contributed by atoms with E-state index in [-0.39, 0.29) is 40.3 Å². The molecule has 220 valence electrons. The summed E-state index contributed by atoms with van der Waals surface area (Å²) in [6.07, 6.45) is 7.02.